The van der Waals surface area contributed by atoms with Crippen molar-refractivity contribution < 1.29 is 27.2 Å². The first-order valence-electron chi connectivity index (χ1n) is 9.61. The first-order valence-corrected chi connectivity index (χ1v) is 11.5. The molecule has 0 unspecified atom stereocenters. The second kappa shape index (κ2) is 9.75. The standard InChI is InChI=1S/C20H16F3N5O3S2/c1-2-28-18(14-4-3-9-32-14)25-26-19(28)33-11-16(29)30-10-15-24-17(27-31-15)12-5-7-13(8-6-12)20(21,22)23/h3-9H,2,10-11H2,1H3. The first-order chi connectivity index (χ1) is 15.8. The van der Waals surface area contributed by atoms with Crippen LogP contribution in [-0.4, -0.2) is 36.6 Å². The van der Waals surface area contributed by atoms with Crippen LogP contribution in [0.2, 0.25) is 0 Å². The molecule has 0 radical (unpaired) electrons. The molecule has 0 fully saturated rings. The predicted octanol–water partition coefficient (Wildman–Crippen LogP) is 4.93. The Morgan fingerprint density at radius 2 is 2.00 bits per heavy atom. The Balaban J connectivity index is 1.31. The number of nitrogens with zero attached hydrogens (tertiary/aromatic N) is 5. The molecule has 0 aliphatic rings. The van der Waals surface area contributed by atoms with Crippen molar-refractivity contribution in [3.05, 3.63) is 53.2 Å². The van der Waals surface area contributed by atoms with Crippen LogP contribution in [0.4, 0.5) is 13.2 Å². The molecule has 13 heteroatoms. The zero-order chi connectivity index (χ0) is 23.4. The summed E-state index contributed by atoms with van der Waals surface area (Å²) < 4.78 is 50.1. The fourth-order valence-electron chi connectivity index (χ4n) is 2.81. The van der Waals surface area contributed by atoms with Gasteiger partial charge in [-0.2, -0.15) is 18.2 Å². The van der Waals surface area contributed by atoms with Crippen molar-refractivity contribution in [3.63, 3.8) is 0 Å². The number of alkyl halides is 3. The maximum atomic E-state index is 12.7. The summed E-state index contributed by atoms with van der Waals surface area (Å²) in [5, 5.41) is 14.6. The van der Waals surface area contributed by atoms with E-state index in [1.165, 1.54) is 23.9 Å². The molecule has 0 atom stereocenters. The predicted molar refractivity (Wildman–Crippen MR) is 114 cm³/mol. The number of aromatic nitrogens is 5. The minimum atomic E-state index is -4.43. The Kier molecular flexibility index (Phi) is 6.79. The highest BCUT2D eigenvalue weighted by molar-refractivity contribution is 7.99. The van der Waals surface area contributed by atoms with Gasteiger partial charge >= 0.3 is 12.1 Å². The summed E-state index contributed by atoms with van der Waals surface area (Å²) in [7, 11) is 0. The molecule has 0 N–H and O–H groups in total. The van der Waals surface area contributed by atoms with Crippen LogP contribution in [0.3, 0.4) is 0 Å². The maximum Gasteiger partial charge on any atom is 0.416 e. The van der Waals surface area contributed by atoms with Crippen LogP contribution in [-0.2, 0) is 28.9 Å². The van der Waals surface area contributed by atoms with E-state index in [-0.39, 0.29) is 24.1 Å². The molecule has 33 heavy (non-hydrogen) atoms. The Morgan fingerprint density at radius 1 is 1.21 bits per heavy atom. The minimum Gasteiger partial charge on any atom is -0.455 e. The lowest BCUT2D eigenvalue weighted by Gasteiger charge is -2.06. The average Bonchev–Trinajstić information content (AvgIpc) is 3.56. The zero-order valence-corrected chi connectivity index (χ0v) is 18.7. The van der Waals surface area contributed by atoms with Crippen molar-refractivity contribution >= 4 is 29.1 Å². The largest absolute Gasteiger partial charge is 0.455 e. The Bertz CT molecular complexity index is 1220. The summed E-state index contributed by atoms with van der Waals surface area (Å²) in [4.78, 5) is 17.2. The molecular formula is C20H16F3N5O3S2. The van der Waals surface area contributed by atoms with E-state index in [2.05, 4.69) is 20.3 Å². The average molecular weight is 496 g/mol. The van der Waals surface area contributed by atoms with Gasteiger partial charge in [0, 0.05) is 12.1 Å². The highest BCUT2D eigenvalue weighted by atomic mass is 32.2. The second-order valence-electron chi connectivity index (χ2n) is 6.56. The SMILES string of the molecule is CCn1c(SCC(=O)OCc2nc(-c3ccc(C(F)(F)F)cc3)no2)nnc1-c1cccs1. The third-order valence-corrected chi connectivity index (χ3v) is 6.19. The fourth-order valence-corrected chi connectivity index (χ4v) is 4.33. The quantitative estimate of drug-likeness (QED) is 0.251. The molecule has 3 aromatic heterocycles. The van der Waals surface area contributed by atoms with Crippen LogP contribution in [0, 0.1) is 0 Å². The number of halogens is 3. The van der Waals surface area contributed by atoms with E-state index >= 15 is 0 Å². The number of carbonyl (C=O) groups is 1. The molecule has 0 aliphatic heterocycles. The Morgan fingerprint density at radius 3 is 2.67 bits per heavy atom. The Hall–Kier alpha value is -3.19. The molecule has 0 spiro atoms. The van der Waals surface area contributed by atoms with Gasteiger partial charge in [0.2, 0.25) is 5.82 Å². The normalized spacial score (nSPS) is 11.6. The topological polar surface area (TPSA) is 95.9 Å². The van der Waals surface area contributed by atoms with Gasteiger partial charge in [0.15, 0.2) is 17.6 Å². The fraction of sp³-hybridized carbons (Fsp3) is 0.250. The van der Waals surface area contributed by atoms with E-state index in [1.807, 2.05) is 29.0 Å². The van der Waals surface area contributed by atoms with Gasteiger partial charge < -0.3 is 13.8 Å². The summed E-state index contributed by atoms with van der Waals surface area (Å²) in [6.45, 7) is 2.35. The van der Waals surface area contributed by atoms with E-state index in [4.69, 9.17) is 9.26 Å². The van der Waals surface area contributed by atoms with Crippen molar-refractivity contribution in [3.8, 4) is 22.1 Å². The van der Waals surface area contributed by atoms with E-state index in [0.29, 0.717) is 17.3 Å². The van der Waals surface area contributed by atoms with E-state index in [0.717, 1.165) is 22.8 Å². The van der Waals surface area contributed by atoms with Crippen molar-refractivity contribution in [1.82, 2.24) is 24.9 Å². The molecule has 4 aromatic rings. The molecule has 3 heterocycles. The number of thioether (sulfide) groups is 1. The minimum absolute atomic E-state index is 0.00245. The number of hydrogen-bond acceptors (Lipinski definition) is 9. The van der Waals surface area contributed by atoms with Gasteiger partial charge in [-0.1, -0.05) is 35.1 Å². The number of ether oxygens (including phenoxy) is 1. The van der Waals surface area contributed by atoms with Gasteiger partial charge in [-0.3, -0.25) is 4.79 Å². The van der Waals surface area contributed by atoms with Crippen molar-refractivity contribution in [2.24, 2.45) is 0 Å². The van der Waals surface area contributed by atoms with E-state index in [9.17, 15) is 18.0 Å². The molecule has 172 valence electrons. The molecule has 4 rings (SSSR count). The molecule has 0 saturated carbocycles. The molecule has 1 aromatic carbocycles. The summed E-state index contributed by atoms with van der Waals surface area (Å²) in [5.41, 5.74) is -0.428. The van der Waals surface area contributed by atoms with Crippen LogP contribution >= 0.6 is 23.1 Å². The lowest BCUT2D eigenvalue weighted by molar-refractivity contribution is -0.142. The first kappa shape index (κ1) is 23.0. The number of thiophene rings is 1. The number of esters is 1. The van der Waals surface area contributed by atoms with Crippen molar-refractivity contribution in [1.29, 1.82) is 0 Å². The highest BCUT2D eigenvalue weighted by Crippen LogP contribution is 2.30. The van der Waals surface area contributed by atoms with Crippen LogP contribution < -0.4 is 0 Å². The monoisotopic (exact) mass is 495 g/mol. The number of carbonyl (C=O) groups excluding carboxylic acids is 1. The van der Waals surface area contributed by atoms with Crippen LogP contribution in [0.25, 0.3) is 22.1 Å². The van der Waals surface area contributed by atoms with Gasteiger partial charge in [-0.05, 0) is 30.5 Å². The number of rotatable bonds is 8. The zero-order valence-electron chi connectivity index (χ0n) is 17.1. The third kappa shape index (κ3) is 5.42. The molecular weight excluding hydrogens is 479 g/mol. The van der Waals surface area contributed by atoms with Gasteiger partial charge in [0.1, 0.15) is 0 Å². The van der Waals surface area contributed by atoms with E-state index < -0.39 is 17.7 Å². The van der Waals surface area contributed by atoms with Gasteiger partial charge in [0.25, 0.3) is 5.89 Å². The number of benzene rings is 1. The lowest BCUT2D eigenvalue weighted by Crippen LogP contribution is -2.09. The van der Waals surface area contributed by atoms with Gasteiger partial charge in [0.05, 0.1) is 16.2 Å². The molecule has 0 saturated heterocycles. The van der Waals surface area contributed by atoms with Crippen molar-refractivity contribution in [2.75, 3.05) is 5.75 Å². The van der Waals surface area contributed by atoms with Crippen LogP contribution in [0.5, 0.6) is 0 Å². The molecule has 0 bridgehead atoms. The lowest BCUT2D eigenvalue weighted by atomic mass is 10.1. The van der Waals surface area contributed by atoms with Crippen molar-refractivity contribution in [2.45, 2.75) is 31.4 Å². The van der Waals surface area contributed by atoms with Crippen LogP contribution in [0.1, 0.15) is 18.4 Å². The molecule has 0 aliphatic carbocycles. The molecule has 0 amide bonds. The summed E-state index contributed by atoms with van der Waals surface area (Å²) in [5.74, 6) is 0.353. The summed E-state index contributed by atoms with van der Waals surface area (Å²) >= 11 is 2.75. The van der Waals surface area contributed by atoms with Gasteiger partial charge in [-0.25, -0.2) is 0 Å². The van der Waals surface area contributed by atoms with Gasteiger partial charge in [-0.15, -0.1) is 21.5 Å². The number of hydrogen-bond donors (Lipinski definition) is 0. The second-order valence-corrected chi connectivity index (χ2v) is 8.45. The summed E-state index contributed by atoms with van der Waals surface area (Å²) in [6, 6.07) is 8.23. The smallest absolute Gasteiger partial charge is 0.416 e. The van der Waals surface area contributed by atoms with E-state index in [1.54, 1.807) is 11.3 Å². The van der Waals surface area contributed by atoms with Crippen LogP contribution in [0.15, 0.2) is 51.5 Å². The third-order valence-electron chi connectivity index (χ3n) is 4.39. The Labute approximate surface area is 193 Å². The highest BCUT2D eigenvalue weighted by Gasteiger charge is 2.30. The summed E-state index contributed by atoms with van der Waals surface area (Å²) in [6.07, 6.45) is -4.43. The maximum absolute atomic E-state index is 12.7. The molecule has 8 nitrogen and oxygen atoms in total.